The van der Waals surface area contributed by atoms with Gasteiger partial charge in [-0.05, 0) is 61.6 Å². The molecule has 39 heavy (non-hydrogen) atoms. The van der Waals surface area contributed by atoms with Crippen molar-refractivity contribution in [2.45, 2.75) is 77.0 Å². The number of anilines is 1. The summed E-state index contributed by atoms with van der Waals surface area (Å²) in [5, 5.41) is 5.80. The van der Waals surface area contributed by atoms with Gasteiger partial charge in [-0.3, -0.25) is 4.79 Å². The molecule has 2 aliphatic rings. The molecule has 0 saturated carbocycles. The van der Waals surface area contributed by atoms with Crippen molar-refractivity contribution in [2.75, 3.05) is 31.6 Å². The molecule has 4 rings (SSSR count). The largest absolute Gasteiger partial charge is 0.379 e. The highest BCUT2D eigenvalue weighted by Gasteiger charge is 2.37. The van der Waals surface area contributed by atoms with E-state index in [4.69, 9.17) is 4.74 Å². The molecule has 0 radical (unpaired) electrons. The smallest absolute Gasteiger partial charge is 0.319 e. The maximum Gasteiger partial charge on any atom is 0.319 e. The normalized spacial score (nSPS) is 19.4. The number of aryl methyl sites for hydroxylation is 1. The number of alkyl halides is 1. The van der Waals surface area contributed by atoms with Crippen molar-refractivity contribution in [3.05, 3.63) is 69.6 Å². The van der Waals surface area contributed by atoms with Crippen LogP contribution in [0.4, 0.5) is 14.9 Å². The minimum Gasteiger partial charge on any atom is -0.379 e. The van der Waals surface area contributed by atoms with Gasteiger partial charge in [0.25, 0.3) is 11.9 Å². The minimum absolute atomic E-state index is 0.0184. The van der Waals surface area contributed by atoms with Crippen LogP contribution in [-0.4, -0.2) is 55.2 Å². The van der Waals surface area contributed by atoms with Gasteiger partial charge in [0.15, 0.2) is 0 Å². The quantitative estimate of drug-likeness (QED) is 0.458. The van der Waals surface area contributed by atoms with Gasteiger partial charge in [-0.15, -0.1) is 0 Å². The molecular formula is C31H40FN4O3+. The molecular weight excluding hydrogens is 495 g/mol. The first-order valence-electron chi connectivity index (χ1n) is 14.1. The van der Waals surface area contributed by atoms with E-state index >= 15 is 4.39 Å². The second-order valence-corrected chi connectivity index (χ2v) is 10.8. The molecule has 2 atom stereocenters. The molecule has 7 nitrogen and oxygen atoms in total. The van der Waals surface area contributed by atoms with E-state index in [2.05, 4.69) is 35.4 Å². The van der Waals surface area contributed by atoms with Crippen molar-refractivity contribution < 1.29 is 18.7 Å². The lowest BCUT2D eigenvalue weighted by Gasteiger charge is -2.36. The maximum atomic E-state index is 15.9. The fraction of sp³-hybridized carbons (Fsp3) is 0.516. The number of likely N-dealkylation sites (tertiary alicyclic amines) is 1. The first-order valence-corrected chi connectivity index (χ1v) is 14.1. The number of carbonyl (C=O) groups excluding carboxylic acids is 2. The van der Waals surface area contributed by atoms with Crippen LogP contribution in [0.15, 0.2) is 42.5 Å². The van der Waals surface area contributed by atoms with Crippen molar-refractivity contribution in [3.63, 3.8) is 0 Å². The third-order valence-corrected chi connectivity index (χ3v) is 7.59. The van der Waals surface area contributed by atoms with E-state index in [1.807, 2.05) is 37.3 Å². The van der Waals surface area contributed by atoms with Crippen molar-refractivity contribution >= 4 is 17.6 Å². The first-order chi connectivity index (χ1) is 18.8. The monoisotopic (exact) mass is 535 g/mol. The summed E-state index contributed by atoms with van der Waals surface area (Å²) in [6, 6.07) is 15.6. The number of halogens is 1. The second kappa shape index (κ2) is 13.1. The lowest BCUT2D eigenvalue weighted by Crippen LogP contribution is -2.43. The predicted molar refractivity (Wildman–Crippen MR) is 152 cm³/mol. The molecule has 2 heterocycles. The van der Waals surface area contributed by atoms with Crippen LogP contribution < -0.4 is 10.6 Å². The number of hydrogen-bond acceptors (Lipinski definition) is 3. The van der Waals surface area contributed by atoms with E-state index in [-0.39, 0.29) is 36.9 Å². The highest BCUT2D eigenvalue weighted by Crippen LogP contribution is 2.37. The maximum absolute atomic E-state index is 15.9. The van der Waals surface area contributed by atoms with E-state index in [1.165, 1.54) is 0 Å². The van der Waals surface area contributed by atoms with Crippen molar-refractivity contribution in [1.29, 1.82) is 0 Å². The highest BCUT2D eigenvalue weighted by molar-refractivity contribution is 5.97. The van der Waals surface area contributed by atoms with Gasteiger partial charge in [0, 0.05) is 57.1 Å². The molecule has 2 aromatic rings. The second-order valence-electron chi connectivity index (χ2n) is 10.8. The van der Waals surface area contributed by atoms with E-state index in [9.17, 15) is 9.59 Å². The summed E-state index contributed by atoms with van der Waals surface area (Å²) in [5.41, 5.74) is 1.88. The van der Waals surface area contributed by atoms with Crippen molar-refractivity contribution in [2.24, 2.45) is 0 Å². The van der Waals surface area contributed by atoms with Gasteiger partial charge in [-0.2, -0.15) is 0 Å². The number of nitrogens with one attached hydrogen (secondary N) is 2. The number of nitrogens with zero attached hydrogens (tertiary/aromatic N) is 2. The van der Waals surface area contributed by atoms with Crippen LogP contribution in [0.3, 0.4) is 0 Å². The number of carbonyl (C=O) groups is 2. The van der Waals surface area contributed by atoms with Crippen molar-refractivity contribution in [3.8, 4) is 6.07 Å². The zero-order valence-electron chi connectivity index (χ0n) is 23.3. The summed E-state index contributed by atoms with van der Waals surface area (Å²) < 4.78 is 21.3. The first kappa shape index (κ1) is 28.6. The molecule has 8 heteroatoms. The molecule has 2 aliphatic heterocycles. The molecule has 3 amide bonds. The molecule has 208 valence electrons. The molecule has 0 aliphatic carbocycles. The standard InChI is InChI=1S/C31H39FN4O3/c1-4-6-23(3)33-20-24-9-12-26(13-10-24)31(32)14-16-36(17-15-31)29(37)25-11-8-22(2)28(19-25)35-30(38)34-27-7-5-18-39-21-27/h8-13,19,23,27H,4-7,14-18,21H2,1-3H3,(H-,34,35,38)/p+1. The zero-order chi connectivity index (χ0) is 27.8. The van der Waals surface area contributed by atoms with Gasteiger partial charge < -0.3 is 20.3 Å². The van der Waals surface area contributed by atoms with Crippen LogP contribution in [0.25, 0.3) is 4.85 Å². The average molecular weight is 536 g/mol. The topological polar surface area (TPSA) is 75.0 Å². The molecule has 2 aromatic carbocycles. The number of benzene rings is 2. The summed E-state index contributed by atoms with van der Waals surface area (Å²) >= 11 is 0. The molecule has 0 spiro atoms. The Bertz CT molecular complexity index is 1210. The van der Waals surface area contributed by atoms with Gasteiger partial charge >= 0.3 is 12.1 Å². The lowest BCUT2D eigenvalue weighted by molar-refractivity contribution is 0.0421. The van der Waals surface area contributed by atoms with E-state index < -0.39 is 5.67 Å². The number of amides is 3. The van der Waals surface area contributed by atoms with Gasteiger partial charge in [-0.25, -0.2) is 9.18 Å². The summed E-state index contributed by atoms with van der Waals surface area (Å²) in [7, 11) is 0. The third-order valence-electron chi connectivity index (χ3n) is 7.59. The van der Waals surface area contributed by atoms with Crippen LogP contribution >= 0.6 is 0 Å². The van der Waals surface area contributed by atoms with Crippen LogP contribution in [0.1, 0.15) is 79.4 Å². The van der Waals surface area contributed by atoms with Gasteiger partial charge in [0.2, 0.25) is 0 Å². The highest BCUT2D eigenvalue weighted by atomic mass is 19.1. The zero-order valence-corrected chi connectivity index (χ0v) is 23.3. The Morgan fingerprint density at radius 1 is 1.21 bits per heavy atom. The Kier molecular flexibility index (Phi) is 9.58. The number of ether oxygens (including phenoxy) is 1. The SMILES string of the molecule is CCCC(C)[N+]#Cc1ccc(C2(F)CCN(C(=O)c3ccc(C)c(NC(=O)NC4CCCOC4)c3)CC2)cc1. The Morgan fingerprint density at radius 3 is 2.62 bits per heavy atom. The van der Waals surface area contributed by atoms with Crippen LogP contribution in [0, 0.1) is 13.0 Å². The van der Waals surface area contributed by atoms with E-state index in [1.54, 1.807) is 17.0 Å². The molecule has 2 N–H and O–H groups in total. The summed E-state index contributed by atoms with van der Waals surface area (Å²) in [6.45, 7) is 7.94. The Morgan fingerprint density at radius 2 is 1.95 bits per heavy atom. The molecule has 2 unspecified atom stereocenters. The molecule has 2 saturated heterocycles. The Labute approximate surface area is 230 Å². The van der Waals surface area contributed by atoms with Crippen LogP contribution in [0.5, 0.6) is 0 Å². The third kappa shape index (κ3) is 7.57. The predicted octanol–water partition coefficient (Wildman–Crippen LogP) is 6.27. The number of urea groups is 1. The van der Waals surface area contributed by atoms with Gasteiger partial charge in [-0.1, -0.05) is 30.0 Å². The lowest BCUT2D eigenvalue weighted by atomic mass is 9.85. The fourth-order valence-electron chi connectivity index (χ4n) is 5.13. The number of hydrogen-bond donors (Lipinski definition) is 2. The average Bonchev–Trinajstić information content (AvgIpc) is 2.94. The van der Waals surface area contributed by atoms with Crippen molar-refractivity contribution in [1.82, 2.24) is 10.2 Å². The number of rotatable bonds is 6. The summed E-state index contributed by atoms with van der Waals surface area (Å²) in [6.07, 6.45) is 4.34. The molecule has 0 bridgehead atoms. The summed E-state index contributed by atoms with van der Waals surface area (Å²) in [4.78, 5) is 31.9. The molecule has 0 aromatic heterocycles. The number of piperidine rings is 1. The summed E-state index contributed by atoms with van der Waals surface area (Å²) in [5.74, 6) is -0.163. The van der Waals surface area contributed by atoms with Gasteiger partial charge in [0.1, 0.15) is 11.2 Å². The molecule has 2 fully saturated rings. The van der Waals surface area contributed by atoms with Crippen LogP contribution in [0.2, 0.25) is 0 Å². The van der Waals surface area contributed by atoms with E-state index in [0.717, 1.165) is 43.4 Å². The minimum atomic E-state index is -1.48. The van der Waals surface area contributed by atoms with Gasteiger partial charge in [0.05, 0.1) is 12.6 Å². The Balaban J connectivity index is 1.34. The van der Waals surface area contributed by atoms with Crippen LogP contribution in [-0.2, 0) is 10.4 Å². The fourth-order valence-corrected chi connectivity index (χ4v) is 5.13. The van der Waals surface area contributed by atoms with E-state index in [0.29, 0.717) is 36.5 Å². The Hall–Kier alpha value is -3.44.